The number of benzene rings is 2. The van der Waals surface area contributed by atoms with E-state index in [0.717, 1.165) is 42.9 Å². The molecular weight excluding hydrogens is 390 g/mol. The van der Waals surface area contributed by atoms with E-state index in [9.17, 15) is 9.59 Å². The fourth-order valence-corrected chi connectivity index (χ4v) is 4.59. The van der Waals surface area contributed by atoms with E-state index >= 15 is 0 Å². The van der Waals surface area contributed by atoms with Crippen molar-refractivity contribution in [2.24, 2.45) is 0 Å². The zero-order chi connectivity index (χ0) is 20.0. The van der Waals surface area contributed by atoms with Gasteiger partial charge in [-0.3, -0.25) is 9.59 Å². The van der Waals surface area contributed by atoms with Gasteiger partial charge in [0.25, 0.3) is 5.91 Å². The maximum Gasteiger partial charge on any atom is 0.292 e. The molecule has 0 radical (unpaired) electrons. The standard InChI is InChI=1S/C22H20ClN3O3/c23-15-5-7-16(8-6-15)26-20(27)13-18(22(26)28)25-11-9-14(10-12-25)21-24-17-3-1-2-4-19(17)29-21/h1-8,14,18H,9-13H2/p+1/t18-/m0/s1. The summed E-state index contributed by atoms with van der Waals surface area (Å²) in [7, 11) is 0. The van der Waals surface area contributed by atoms with Crippen LogP contribution in [0.1, 0.15) is 31.1 Å². The number of carbonyl (C=O) groups is 2. The molecule has 1 aromatic heterocycles. The molecule has 148 valence electrons. The van der Waals surface area contributed by atoms with Crippen LogP contribution in [0.2, 0.25) is 5.02 Å². The maximum atomic E-state index is 13.0. The van der Waals surface area contributed by atoms with Gasteiger partial charge in [-0.2, -0.15) is 0 Å². The molecule has 2 aliphatic heterocycles. The highest BCUT2D eigenvalue weighted by Crippen LogP contribution is 2.28. The van der Waals surface area contributed by atoms with Gasteiger partial charge in [0.15, 0.2) is 17.5 Å². The number of likely N-dealkylation sites (tertiary alicyclic amines) is 1. The molecule has 3 aromatic rings. The van der Waals surface area contributed by atoms with Crippen LogP contribution in [0.25, 0.3) is 11.1 Å². The molecule has 2 saturated heterocycles. The molecule has 6 nitrogen and oxygen atoms in total. The number of imide groups is 1. The third-order valence-corrected chi connectivity index (χ3v) is 6.26. The topological polar surface area (TPSA) is 67.9 Å². The number of hydrogen-bond donors (Lipinski definition) is 1. The normalized spacial score (nSPS) is 25.1. The van der Waals surface area contributed by atoms with Gasteiger partial charge in [0.05, 0.1) is 25.2 Å². The van der Waals surface area contributed by atoms with Gasteiger partial charge in [0.2, 0.25) is 5.91 Å². The fraction of sp³-hybridized carbons (Fsp3) is 0.318. The third-order valence-electron chi connectivity index (χ3n) is 6.01. The van der Waals surface area contributed by atoms with E-state index in [1.807, 2.05) is 24.3 Å². The first-order valence-electron chi connectivity index (χ1n) is 9.92. The number of nitrogens with zero attached hydrogens (tertiary/aromatic N) is 2. The van der Waals surface area contributed by atoms with Gasteiger partial charge >= 0.3 is 0 Å². The SMILES string of the molecule is O=C1C[C@H]([NH+]2CCC(c3nc4ccccc4o3)CC2)C(=O)N1c1ccc(Cl)cc1. The Morgan fingerprint density at radius 3 is 2.48 bits per heavy atom. The van der Waals surface area contributed by atoms with Gasteiger partial charge in [0.1, 0.15) is 5.52 Å². The average molecular weight is 411 g/mol. The lowest BCUT2D eigenvalue weighted by molar-refractivity contribution is -0.920. The number of fused-ring (bicyclic) bond motifs is 1. The first-order valence-corrected chi connectivity index (χ1v) is 10.3. The van der Waals surface area contributed by atoms with E-state index in [1.54, 1.807) is 24.3 Å². The van der Waals surface area contributed by atoms with Crippen molar-refractivity contribution in [2.45, 2.75) is 31.2 Å². The second kappa shape index (κ2) is 7.28. The summed E-state index contributed by atoms with van der Waals surface area (Å²) >= 11 is 5.93. The summed E-state index contributed by atoms with van der Waals surface area (Å²) in [6.07, 6.45) is 2.03. The molecule has 2 aromatic carbocycles. The van der Waals surface area contributed by atoms with Crippen molar-refractivity contribution in [2.75, 3.05) is 18.0 Å². The first kappa shape index (κ1) is 18.3. The number of quaternary nitrogens is 1. The van der Waals surface area contributed by atoms with E-state index < -0.39 is 0 Å². The number of nitrogens with one attached hydrogen (secondary N) is 1. The molecule has 0 bridgehead atoms. The van der Waals surface area contributed by atoms with Crippen LogP contribution in [0, 0.1) is 0 Å². The molecule has 5 rings (SSSR count). The first-order chi connectivity index (χ1) is 14.1. The van der Waals surface area contributed by atoms with Crippen LogP contribution in [-0.2, 0) is 9.59 Å². The molecule has 0 unspecified atom stereocenters. The quantitative estimate of drug-likeness (QED) is 0.674. The van der Waals surface area contributed by atoms with Gasteiger partial charge in [-0.15, -0.1) is 0 Å². The van der Waals surface area contributed by atoms with Crippen molar-refractivity contribution in [3.8, 4) is 0 Å². The lowest BCUT2D eigenvalue weighted by Crippen LogP contribution is -3.17. The molecule has 1 N–H and O–H groups in total. The number of piperidine rings is 1. The van der Waals surface area contributed by atoms with Crippen molar-refractivity contribution in [3.05, 3.63) is 59.4 Å². The van der Waals surface area contributed by atoms with Crippen molar-refractivity contribution in [3.63, 3.8) is 0 Å². The van der Waals surface area contributed by atoms with Crippen LogP contribution in [0.5, 0.6) is 0 Å². The average Bonchev–Trinajstić information content (AvgIpc) is 3.30. The number of halogens is 1. The minimum atomic E-state index is -0.317. The van der Waals surface area contributed by atoms with E-state index in [2.05, 4.69) is 4.98 Å². The van der Waals surface area contributed by atoms with Gasteiger partial charge in [-0.1, -0.05) is 23.7 Å². The van der Waals surface area contributed by atoms with Crippen molar-refractivity contribution in [1.29, 1.82) is 0 Å². The molecule has 2 aliphatic rings. The summed E-state index contributed by atoms with van der Waals surface area (Å²) in [5.41, 5.74) is 2.28. The lowest BCUT2D eigenvalue weighted by atomic mass is 9.95. The number of hydrogen-bond acceptors (Lipinski definition) is 4. The Hall–Kier alpha value is -2.70. The zero-order valence-electron chi connectivity index (χ0n) is 15.8. The van der Waals surface area contributed by atoms with Crippen LogP contribution in [0.3, 0.4) is 0 Å². The highest BCUT2D eigenvalue weighted by atomic mass is 35.5. The smallest absolute Gasteiger partial charge is 0.292 e. The minimum absolute atomic E-state index is 0.118. The Balaban J connectivity index is 1.27. The van der Waals surface area contributed by atoms with Crippen LogP contribution in [0.4, 0.5) is 5.69 Å². The van der Waals surface area contributed by atoms with Crippen LogP contribution in [0.15, 0.2) is 52.9 Å². The molecule has 29 heavy (non-hydrogen) atoms. The second-order valence-electron chi connectivity index (χ2n) is 7.75. The molecule has 0 aliphatic carbocycles. The molecular formula is C22H21ClN3O3+. The molecule has 2 fully saturated rings. The summed E-state index contributed by atoms with van der Waals surface area (Å²) in [6.45, 7) is 1.64. The Bertz CT molecular complexity index is 1040. The van der Waals surface area contributed by atoms with Crippen molar-refractivity contribution >= 4 is 40.2 Å². The van der Waals surface area contributed by atoms with Crippen LogP contribution < -0.4 is 9.80 Å². The van der Waals surface area contributed by atoms with E-state index in [1.165, 1.54) is 9.80 Å². The number of carbonyl (C=O) groups excluding carboxylic acids is 2. The number of oxazole rings is 1. The monoisotopic (exact) mass is 410 g/mol. The Morgan fingerprint density at radius 2 is 1.76 bits per heavy atom. The third kappa shape index (κ3) is 3.32. The highest BCUT2D eigenvalue weighted by molar-refractivity contribution is 6.30. The lowest BCUT2D eigenvalue weighted by Gasteiger charge is -2.30. The second-order valence-corrected chi connectivity index (χ2v) is 8.19. The highest BCUT2D eigenvalue weighted by Gasteiger charge is 2.46. The largest absolute Gasteiger partial charge is 0.440 e. The van der Waals surface area contributed by atoms with Gasteiger partial charge < -0.3 is 9.32 Å². The Labute approximate surface area is 173 Å². The summed E-state index contributed by atoms with van der Waals surface area (Å²) in [6, 6.07) is 14.3. The van der Waals surface area contributed by atoms with E-state index in [-0.39, 0.29) is 30.2 Å². The molecule has 2 amide bonds. The van der Waals surface area contributed by atoms with Crippen molar-refractivity contribution in [1.82, 2.24) is 4.98 Å². The summed E-state index contributed by atoms with van der Waals surface area (Å²) in [5.74, 6) is 0.774. The summed E-state index contributed by atoms with van der Waals surface area (Å²) < 4.78 is 5.93. The van der Waals surface area contributed by atoms with Crippen LogP contribution in [-0.4, -0.2) is 35.9 Å². The number of rotatable bonds is 3. The Kier molecular flexibility index (Phi) is 4.60. The summed E-state index contributed by atoms with van der Waals surface area (Å²) in [5, 5.41) is 0.580. The van der Waals surface area contributed by atoms with E-state index in [0.29, 0.717) is 10.7 Å². The predicted molar refractivity (Wildman–Crippen MR) is 109 cm³/mol. The Morgan fingerprint density at radius 1 is 1.03 bits per heavy atom. The van der Waals surface area contributed by atoms with Gasteiger partial charge in [-0.05, 0) is 36.4 Å². The fourth-order valence-electron chi connectivity index (χ4n) is 4.46. The molecule has 1 atom stereocenters. The number of anilines is 1. The minimum Gasteiger partial charge on any atom is -0.440 e. The number of amides is 2. The zero-order valence-corrected chi connectivity index (χ0v) is 16.6. The van der Waals surface area contributed by atoms with E-state index in [4.69, 9.17) is 16.0 Å². The number of aromatic nitrogens is 1. The molecule has 7 heteroatoms. The maximum absolute atomic E-state index is 13.0. The van der Waals surface area contributed by atoms with Crippen molar-refractivity contribution < 1.29 is 18.9 Å². The molecule has 3 heterocycles. The van der Waals surface area contributed by atoms with Gasteiger partial charge in [-0.25, -0.2) is 9.88 Å². The summed E-state index contributed by atoms with van der Waals surface area (Å²) in [4.78, 5) is 32.6. The predicted octanol–water partition coefficient (Wildman–Crippen LogP) is 2.58. The molecule has 0 spiro atoms. The van der Waals surface area contributed by atoms with Crippen LogP contribution >= 0.6 is 11.6 Å². The molecule has 0 saturated carbocycles. The van der Waals surface area contributed by atoms with Gasteiger partial charge in [0, 0.05) is 23.8 Å². The number of para-hydroxylation sites is 2.